The molecular formula is C13H23BrIN3S2. The summed E-state index contributed by atoms with van der Waals surface area (Å²) in [6, 6.07) is 4.25. The molecule has 0 aromatic carbocycles. The van der Waals surface area contributed by atoms with Crippen LogP contribution in [0.1, 0.15) is 18.7 Å². The lowest BCUT2D eigenvalue weighted by Crippen LogP contribution is -2.43. The lowest BCUT2D eigenvalue weighted by atomic mass is 10.2. The summed E-state index contributed by atoms with van der Waals surface area (Å²) in [4.78, 5) is 5.62. The van der Waals surface area contributed by atoms with E-state index in [-0.39, 0.29) is 28.7 Å². The zero-order valence-electron chi connectivity index (χ0n) is 12.3. The molecule has 0 saturated heterocycles. The van der Waals surface area contributed by atoms with Crippen molar-refractivity contribution in [1.82, 2.24) is 10.6 Å². The van der Waals surface area contributed by atoms with Crippen molar-refractivity contribution in [2.24, 2.45) is 4.99 Å². The molecule has 3 nitrogen and oxygen atoms in total. The van der Waals surface area contributed by atoms with Gasteiger partial charge in [-0.25, -0.2) is 0 Å². The van der Waals surface area contributed by atoms with Gasteiger partial charge in [-0.2, -0.15) is 11.8 Å². The van der Waals surface area contributed by atoms with Gasteiger partial charge in [-0.1, -0.05) is 0 Å². The summed E-state index contributed by atoms with van der Waals surface area (Å²) in [5.74, 6) is 0.873. The molecule has 0 aliphatic heterocycles. The fraction of sp³-hybridized carbons (Fsp3) is 0.615. The lowest BCUT2D eigenvalue weighted by molar-refractivity contribution is 0.664. The highest BCUT2D eigenvalue weighted by molar-refractivity contribution is 14.0. The molecule has 1 rings (SSSR count). The smallest absolute Gasteiger partial charge is 0.191 e. The number of hydrogen-bond donors (Lipinski definition) is 2. The number of nitrogens with one attached hydrogen (secondary N) is 2. The van der Waals surface area contributed by atoms with Crippen LogP contribution < -0.4 is 10.6 Å². The fourth-order valence-corrected chi connectivity index (χ4v) is 3.08. The van der Waals surface area contributed by atoms with Gasteiger partial charge < -0.3 is 10.6 Å². The summed E-state index contributed by atoms with van der Waals surface area (Å²) in [7, 11) is 1.81. The highest BCUT2D eigenvalue weighted by Crippen LogP contribution is 2.22. The van der Waals surface area contributed by atoms with E-state index in [1.807, 2.05) is 18.8 Å². The van der Waals surface area contributed by atoms with E-state index in [0.29, 0.717) is 0 Å². The van der Waals surface area contributed by atoms with Crippen LogP contribution >= 0.6 is 63.0 Å². The Morgan fingerprint density at radius 2 is 2.10 bits per heavy atom. The third kappa shape index (κ3) is 8.09. The molecule has 0 amide bonds. The third-order valence-corrected chi connectivity index (χ3v) is 5.68. The van der Waals surface area contributed by atoms with Gasteiger partial charge in [0.05, 0.1) is 3.79 Å². The van der Waals surface area contributed by atoms with Gasteiger partial charge in [0.1, 0.15) is 0 Å². The SMILES string of the molecule is CN=C(NCCc1ccc(Br)s1)NCC(C)(C)SC.I. The molecule has 0 spiro atoms. The van der Waals surface area contributed by atoms with Crippen molar-refractivity contribution in [2.75, 3.05) is 26.4 Å². The van der Waals surface area contributed by atoms with Gasteiger partial charge >= 0.3 is 0 Å². The summed E-state index contributed by atoms with van der Waals surface area (Å²) < 4.78 is 1.41. The first-order valence-electron chi connectivity index (χ1n) is 6.21. The average Bonchev–Trinajstić information content (AvgIpc) is 2.79. The number of rotatable bonds is 6. The summed E-state index contributed by atoms with van der Waals surface area (Å²) in [6.07, 6.45) is 3.15. The minimum absolute atomic E-state index is 0. The first-order chi connectivity index (χ1) is 8.96. The van der Waals surface area contributed by atoms with Crippen LogP contribution in [0, 0.1) is 0 Å². The van der Waals surface area contributed by atoms with E-state index in [0.717, 1.165) is 25.5 Å². The Morgan fingerprint density at radius 3 is 2.60 bits per heavy atom. The molecule has 1 aromatic heterocycles. The van der Waals surface area contributed by atoms with Crippen LogP contribution in [0.15, 0.2) is 20.9 Å². The van der Waals surface area contributed by atoms with Crippen LogP contribution in [0.5, 0.6) is 0 Å². The van der Waals surface area contributed by atoms with Gasteiger partial charge in [-0.05, 0) is 54.6 Å². The maximum Gasteiger partial charge on any atom is 0.191 e. The molecule has 20 heavy (non-hydrogen) atoms. The van der Waals surface area contributed by atoms with Crippen molar-refractivity contribution in [2.45, 2.75) is 25.0 Å². The van der Waals surface area contributed by atoms with Crippen molar-refractivity contribution < 1.29 is 0 Å². The molecular weight excluding hydrogens is 469 g/mol. The van der Waals surface area contributed by atoms with Crippen molar-refractivity contribution in [3.8, 4) is 0 Å². The molecule has 0 aliphatic rings. The normalized spacial score (nSPS) is 11.9. The van der Waals surface area contributed by atoms with Crippen LogP contribution in [0.4, 0.5) is 0 Å². The predicted molar refractivity (Wildman–Crippen MR) is 108 cm³/mol. The monoisotopic (exact) mass is 491 g/mol. The highest BCUT2D eigenvalue weighted by atomic mass is 127. The van der Waals surface area contributed by atoms with Gasteiger partial charge in [-0.15, -0.1) is 35.3 Å². The van der Waals surface area contributed by atoms with Crippen molar-refractivity contribution in [3.63, 3.8) is 0 Å². The van der Waals surface area contributed by atoms with E-state index in [1.54, 1.807) is 11.3 Å². The second-order valence-corrected chi connectivity index (χ2v) is 8.83. The van der Waals surface area contributed by atoms with E-state index in [1.165, 1.54) is 8.66 Å². The quantitative estimate of drug-likeness (QED) is 0.359. The van der Waals surface area contributed by atoms with Crippen LogP contribution in [-0.4, -0.2) is 37.1 Å². The maximum atomic E-state index is 4.24. The van der Waals surface area contributed by atoms with Crippen LogP contribution in [0.2, 0.25) is 0 Å². The Balaban J connectivity index is 0.00000361. The minimum atomic E-state index is 0. The number of aliphatic imine (C=N–C) groups is 1. The first-order valence-corrected chi connectivity index (χ1v) is 9.04. The molecule has 0 saturated carbocycles. The van der Waals surface area contributed by atoms with Gasteiger partial charge in [0.15, 0.2) is 5.96 Å². The van der Waals surface area contributed by atoms with Crippen molar-refractivity contribution in [3.05, 3.63) is 20.8 Å². The Labute approximate surface area is 155 Å². The number of guanidine groups is 1. The largest absolute Gasteiger partial charge is 0.356 e. The predicted octanol–water partition coefficient (Wildman–Crippen LogP) is 3.98. The second kappa shape index (κ2) is 10.3. The van der Waals surface area contributed by atoms with Crippen molar-refractivity contribution >= 4 is 69.0 Å². The molecule has 2 N–H and O–H groups in total. The fourth-order valence-electron chi connectivity index (χ4n) is 1.38. The number of hydrogen-bond acceptors (Lipinski definition) is 3. The molecule has 0 aliphatic carbocycles. The molecule has 1 heterocycles. The van der Waals surface area contributed by atoms with E-state index in [9.17, 15) is 0 Å². The average molecular weight is 492 g/mol. The molecule has 1 aromatic rings. The second-order valence-electron chi connectivity index (χ2n) is 4.77. The zero-order chi connectivity index (χ0) is 14.3. The topological polar surface area (TPSA) is 36.4 Å². The van der Waals surface area contributed by atoms with Crippen LogP contribution in [-0.2, 0) is 6.42 Å². The summed E-state index contributed by atoms with van der Waals surface area (Å²) in [5.41, 5.74) is 0. The Kier molecular flexibility index (Phi) is 10.6. The minimum Gasteiger partial charge on any atom is -0.356 e. The molecule has 0 unspecified atom stereocenters. The van der Waals surface area contributed by atoms with Gasteiger partial charge in [0.25, 0.3) is 0 Å². The van der Waals surface area contributed by atoms with E-state index < -0.39 is 0 Å². The Hall–Kier alpha value is 0.530. The van der Waals surface area contributed by atoms with E-state index in [2.05, 4.69) is 63.8 Å². The molecule has 0 bridgehead atoms. The molecule has 0 fully saturated rings. The standard InChI is InChI=1S/C13H22BrN3S2.HI/c1-13(2,18-4)9-17-12(15-3)16-8-7-10-5-6-11(14)19-10;/h5-6H,7-9H2,1-4H3,(H2,15,16,17);1H. The number of nitrogens with zero attached hydrogens (tertiary/aromatic N) is 1. The van der Waals surface area contributed by atoms with Crippen LogP contribution in [0.25, 0.3) is 0 Å². The highest BCUT2D eigenvalue weighted by Gasteiger charge is 2.15. The van der Waals surface area contributed by atoms with E-state index >= 15 is 0 Å². The van der Waals surface area contributed by atoms with Gasteiger partial charge in [0.2, 0.25) is 0 Å². The summed E-state index contributed by atoms with van der Waals surface area (Å²) >= 11 is 7.12. The first kappa shape index (κ1) is 20.5. The molecule has 0 radical (unpaired) electrons. The molecule has 116 valence electrons. The van der Waals surface area contributed by atoms with Gasteiger partial charge in [0, 0.05) is 29.8 Å². The number of halogens is 2. The Morgan fingerprint density at radius 1 is 1.40 bits per heavy atom. The third-order valence-electron chi connectivity index (χ3n) is 2.75. The summed E-state index contributed by atoms with van der Waals surface area (Å²) in [5, 5.41) is 6.71. The summed E-state index contributed by atoms with van der Waals surface area (Å²) in [6.45, 7) is 6.24. The molecule has 0 atom stereocenters. The number of thioether (sulfide) groups is 1. The van der Waals surface area contributed by atoms with Crippen molar-refractivity contribution in [1.29, 1.82) is 0 Å². The number of thiophene rings is 1. The van der Waals surface area contributed by atoms with Gasteiger partial charge in [-0.3, -0.25) is 4.99 Å². The van der Waals surface area contributed by atoms with E-state index in [4.69, 9.17) is 0 Å². The zero-order valence-corrected chi connectivity index (χ0v) is 17.9. The lowest BCUT2D eigenvalue weighted by Gasteiger charge is -2.23. The van der Waals surface area contributed by atoms with Crippen LogP contribution in [0.3, 0.4) is 0 Å². The molecule has 7 heteroatoms. The Bertz CT molecular complexity index is 422. The maximum absolute atomic E-state index is 4.24.